The Morgan fingerprint density at radius 2 is 1.70 bits per heavy atom. The molecule has 1 heterocycles. The molecule has 0 unspecified atom stereocenters. The summed E-state index contributed by atoms with van der Waals surface area (Å²) in [5, 5.41) is 0.839. The quantitative estimate of drug-likeness (QED) is 0.611. The third-order valence-corrected chi connectivity index (χ3v) is 3.77. The number of rotatable bonds is 2. The summed E-state index contributed by atoms with van der Waals surface area (Å²) in [6.07, 6.45) is 0. The van der Waals surface area contributed by atoms with Gasteiger partial charge in [-0.15, -0.1) is 0 Å². The fourth-order valence-corrected chi connectivity index (χ4v) is 2.55. The molecule has 0 radical (unpaired) electrons. The average molecular weight is 308 g/mol. The predicted molar refractivity (Wildman–Crippen MR) is 92.4 cm³/mol. The summed E-state index contributed by atoms with van der Waals surface area (Å²) in [4.78, 5) is 12.2. The van der Waals surface area contributed by atoms with E-state index in [9.17, 15) is 4.79 Å². The van der Waals surface area contributed by atoms with Crippen LogP contribution < -0.4 is 10.4 Å². The van der Waals surface area contributed by atoms with E-state index < -0.39 is 5.63 Å². The molecule has 0 aliphatic carbocycles. The summed E-state index contributed by atoms with van der Waals surface area (Å²) in [5.41, 5.74) is 2.23. The van der Waals surface area contributed by atoms with E-state index in [-0.39, 0.29) is 11.2 Å². The predicted octanol–water partition coefficient (Wildman–Crippen LogP) is 5.19. The highest BCUT2D eigenvalue weighted by molar-refractivity contribution is 5.77. The lowest BCUT2D eigenvalue weighted by molar-refractivity contribution is 0.422. The Hall–Kier alpha value is -2.55. The molecule has 0 saturated heterocycles. The number of hydrogen-bond donors (Lipinski definition) is 0. The van der Waals surface area contributed by atoms with E-state index in [0.29, 0.717) is 11.3 Å². The largest absolute Gasteiger partial charge is 0.449 e. The van der Waals surface area contributed by atoms with E-state index in [4.69, 9.17) is 9.15 Å². The first-order valence-electron chi connectivity index (χ1n) is 7.66. The highest BCUT2D eigenvalue weighted by atomic mass is 16.5. The molecule has 3 heteroatoms. The second-order valence-electron chi connectivity index (χ2n) is 6.79. The number of fused-ring (bicyclic) bond motifs is 1. The summed E-state index contributed by atoms with van der Waals surface area (Å²) in [6, 6.07) is 15.1. The Kier molecular flexibility index (Phi) is 3.72. The lowest BCUT2D eigenvalue weighted by atomic mass is 9.85. The van der Waals surface area contributed by atoms with Gasteiger partial charge in [-0.2, -0.15) is 0 Å². The van der Waals surface area contributed by atoms with Crippen LogP contribution in [0.2, 0.25) is 0 Å². The number of ether oxygens (including phenoxy) is 1. The summed E-state index contributed by atoms with van der Waals surface area (Å²) < 4.78 is 11.3. The van der Waals surface area contributed by atoms with Crippen molar-refractivity contribution in [1.82, 2.24) is 0 Å². The lowest BCUT2D eigenvalue weighted by Crippen LogP contribution is -2.14. The Bertz CT molecular complexity index is 914. The average Bonchev–Trinajstić information content (AvgIpc) is 2.48. The lowest BCUT2D eigenvalue weighted by Gasteiger charge is -2.23. The van der Waals surface area contributed by atoms with Gasteiger partial charge >= 0.3 is 5.63 Å². The van der Waals surface area contributed by atoms with Crippen LogP contribution in [-0.2, 0) is 5.41 Å². The van der Waals surface area contributed by atoms with Gasteiger partial charge in [0.05, 0.1) is 0 Å². The van der Waals surface area contributed by atoms with Gasteiger partial charge in [0.2, 0.25) is 5.75 Å². The smallest absolute Gasteiger partial charge is 0.379 e. The van der Waals surface area contributed by atoms with Gasteiger partial charge < -0.3 is 9.15 Å². The highest BCUT2D eigenvalue weighted by Gasteiger charge is 2.20. The van der Waals surface area contributed by atoms with Gasteiger partial charge in [-0.1, -0.05) is 56.7 Å². The Morgan fingerprint density at radius 3 is 2.43 bits per heavy atom. The maximum atomic E-state index is 12.2. The van der Waals surface area contributed by atoms with E-state index in [1.807, 2.05) is 37.3 Å². The van der Waals surface area contributed by atoms with Crippen molar-refractivity contribution in [2.24, 2.45) is 0 Å². The zero-order chi connectivity index (χ0) is 16.6. The molecule has 3 nitrogen and oxygen atoms in total. The van der Waals surface area contributed by atoms with Crippen molar-refractivity contribution < 1.29 is 9.15 Å². The molecule has 118 valence electrons. The first-order chi connectivity index (χ1) is 10.8. The molecular weight excluding hydrogens is 288 g/mol. The Morgan fingerprint density at radius 1 is 0.957 bits per heavy atom. The van der Waals surface area contributed by atoms with Crippen molar-refractivity contribution in [3.8, 4) is 11.5 Å². The molecule has 0 fully saturated rings. The molecule has 1 aromatic heterocycles. The molecule has 0 N–H and O–H groups in total. The zero-order valence-electron chi connectivity index (χ0n) is 13.8. The first kappa shape index (κ1) is 15.3. The van der Waals surface area contributed by atoms with E-state index in [2.05, 4.69) is 26.8 Å². The normalized spacial score (nSPS) is 11.7. The van der Waals surface area contributed by atoms with Crippen LogP contribution in [0.25, 0.3) is 11.0 Å². The standard InChI is InChI=1S/C20H20O3/c1-13-9-10-17(15(11-13)20(2,3)4)22-18-12-14-7-5-6-8-16(14)23-19(18)21/h5-12H,1-4H3. The van der Waals surface area contributed by atoms with Crippen molar-refractivity contribution >= 4 is 11.0 Å². The van der Waals surface area contributed by atoms with E-state index in [1.54, 1.807) is 12.1 Å². The monoisotopic (exact) mass is 308 g/mol. The second-order valence-corrected chi connectivity index (χ2v) is 6.79. The summed E-state index contributed by atoms with van der Waals surface area (Å²) in [7, 11) is 0. The molecule has 0 spiro atoms. The molecule has 3 rings (SSSR count). The van der Waals surface area contributed by atoms with Crippen LogP contribution in [0.1, 0.15) is 31.9 Å². The van der Waals surface area contributed by atoms with Crippen LogP contribution in [0.5, 0.6) is 11.5 Å². The van der Waals surface area contributed by atoms with Gasteiger partial charge in [0.25, 0.3) is 0 Å². The second kappa shape index (κ2) is 5.58. The van der Waals surface area contributed by atoms with Crippen molar-refractivity contribution in [2.45, 2.75) is 33.1 Å². The Labute approximate surface area is 135 Å². The van der Waals surface area contributed by atoms with Gasteiger partial charge in [-0.3, -0.25) is 0 Å². The van der Waals surface area contributed by atoms with E-state index in [1.165, 1.54) is 0 Å². The fourth-order valence-electron chi connectivity index (χ4n) is 2.55. The summed E-state index contributed by atoms with van der Waals surface area (Å²) in [6.45, 7) is 8.41. The van der Waals surface area contributed by atoms with Crippen molar-refractivity contribution in [2.75, 3.05) is 0 Å². The molecule has 0 amide bonds. The zero-order valence-corrected chi connectivity index (χ0v) is 13.8. The number of aryl methyl sites for hydroxylation is 1. The Balaban J connectivity index is 2.09. The van der Waals surface area contributed by atoms with E-state index in [0.717, 1.165) is 16.5 Å². The molecule has 0 bridgehead atoms. The van der Waals surface area contributed by atoms with Crippen LogP contribution in [0.15, 0.2) is 57.7 Å². The molecule has 0 aliphatic heterocycles. The third-order valence-electron chi connectivity index (χ3n) is 3.77. The number of para-hydroxylation sites is 1. The van der Waals surface area contributed by atoms with Crippen LogP contribution in [0, 0.1) is 6.92 Å². The molecular formula is C20H20O3. The minimum Gasteiger partial charge on any atom is -0.449 e. The van der Waals surface area contributed by atoms with E-state index >= 15 is 0 Å². The van der Waals surface area contributed by atoms with Crippen LogP contribution >= 0.6 is 0 Å². The minimum atomic E-state index is -0.468. The number of benzene rings is 2. The molecule has 0 saturated carbocycles. The SMILES string of the molecule is Cc1ccc(Oc2cc3ccccc3oc2=O)c(C(C)(C)C)c1. The van der Waals surface area contributed by atoms with Gasteiger partial charge in [-0.05, 0) is 30.5 Å². The molecule has 23 heavy (non-hydrogen) atoms. The fraction of sp³-hybridized carbons (Fsp3) is 0.250. The van der Waals surface area contributed by atoms with Crippen LogP contribution in [-0.4, -0.2) is 0 Å². The van der Waals surface area contributed by atoms with Crippen molar-refractivity contribution in [1.29, 1.82) is 0 Å². The van der Waals surface area contributed by atoms with Crippen molar-refractivity contribution in [3.05, 3.63) is 70.1 Å². The van der Waals surface area contributed by atoms with Gasteiger partial charge in [0.1, 0.15) is 11.3 Å². The summed E-state index contributed by atoms with van der Waals surface area (Å²) in [5.74, 6) is 0.892. The van der Waals surface area contributed by atoms with Crippen molar-refractivity contribution in [3.63, 3.8) is 0 Å². The molecule has 0 aliphatic rings. The summed E-state index contributed by atoms with van der Waals surface area (Å²) >= 11 is 0. The van der Waals surface area contributed by atoms with Crippen LogP contribution in [0.4, 0.5) is 0 Å². The molecule has 2 aromatic carbocycles. The van der Waals surface area contributed by atoms with Crippen LogP contribution in [0.3, 0.4) is 0 Å². The molecule has 3 aromatic rings. The van der Waals surface area contributed by atoms with Gasteiger partial charge in [0, 0.05) is 10.9 Å². The maximum Gasteiger partial charge on any atom is 0.379 e. The number of hydrogen-bond acceptors (Lipinski definition) is 3. The maximum absolute atomic E-state index is 12.2. The highest BCUT2D eigenvalue weighted by Crippen LogP contribution is 2.34. The topological polar surface area (TPSA) is 39.4 Å². The third kappa shape index (κ3) is 3.14. The first-order valence-corrected chi connectivity index (χ1v) is 7.66. The minimum absolute atomic E-state index is 0.0849. The van der Waals surface area contributed by atoms with Gasteiger partial charge in [-0.25, -0.2) is 4.79 Å². The molecule has 0 atom stereocenters. The van der Waals surface area contributed by atoms with Gasteiger partial charge in [0.15, 0.2) is 0 Å².